The van der Waals surface area contributed by atoms with Crippen LogP contribution in [0.25, 0.3) is 6.08 Å². The fraction of sp³-hybridized carbons (Fsp3) is 0.120. The fourth-order valence-electron chi connectivity index (χ4n) is 3.26. The number of rotatable bonds is 6. The minimum absolute atomic E-state index is 0.131. The predicted octanol–water partition coefficient (Wildman–Crippen LogP) is 6.84. The Hall–Kier alpha value is -2.55. The Bertz CT molecular complexity index is 1300. The molecule has 1 aliphatic rings. The van der Waals surface area contributed by atoms with Gasteiger partial charge in [-0.1, -0.05) is 53.0 Å². The molecule has 0 fully saturated rings. The summed E-state index contributed by atoms with van der Waals surface area (Å²) in [6, 6.07) is 16.8. The molecule has 0 N–H and O–H groups in total. The van der Waals surface area contributed by atoms with Crippen molar-refractivity contribution in [2.24, 2.45) is 4.99 Å². The lowest BCUT2D eigenvalue weighted by Crippen LogP contribution is -2.06. The Morgan fingerprint density at radius 1 is 1.09 bits per heavy atom. The molecule has 0 aromatic heterocycles. The average Bonchev–Trinajstić information content (AvgIpc) is 3.14. The third-order valence-electron chi connectivity index (χ3n) is 4.80. The van der Waals surface area contributed by atoms with Crippen molar-refractivity contribution in [3.63, 3.8) is 0 Å². The first-order valence-corrected chi connectivity index (χ1v) is 11.7. The van der Waals surface area contributed by atoms with Gasteiger partial charge in [-0.25, -0.2) is 9.79 Å². The SMILES string of the molecule is COc1cc(/C=C2\N=C(c3cc(I)ccc3Cl)OC2=O)cc(Cl)c1OCc1cccc(C)c1. The molecule has 0 unspecified atom stereocenters. The lowest BCUT2D eigenvalue weighted by molar-refractivity contribution is -0.129. The zero-order valence-electron chi connectivity index (χ0n) is 17.7. The van der Waals surface area contributed by atoms with Gasteiger partial charge >= 0.3 is 5.97 Å². The van der Waals surface area contributed by atoms with Gasteiger partial charge in [0.25, 0.3) is 0 Å². The van der Waals surface area contributed by atoms with Crippen LogP contribution in [0, 0.1) is 10.5 Å². The van der Waals surface area contributed by atoms with Crippen LogP contribution in [0.3, 0.4) is 0 Å². The number of aliphatic imine (C=N–C) groups is 1. The lowest BCUT2D eigenvalue weighted by Gasteiger charge is -2.13. The van der Waals surface area contributed by atoms with Crippen LogP contribution in [0.5, 0.6) is 11.5 Å². The zero-order chi connectivity index (χ0) is 23.5. The van der Waals surface area contributed by atoms with Gasteiger partial charge in [-0.05, 0) is 77.0 Å². The van der Waals surface area contributed by atoms with Gasteiger partial charge in [-0.2, -0.15) is 0 Å². The molecule has 0 saturated heterocycles. The molecule has 0 atom stereocenters. The summed E-state index contributed by atoms with van der Waals surface area (Å²) < 4.78 is 17.7. The quantitative estimate of drug-likeness (QED) is 0.178. The standard InChI is InChI=1S/C25H18Cl2INO4/c1-14-4-3-5-15(8-14)13-32-23-20(27)9-16(11-22(23)31-2)10-21-25(30)33-24(29-21)18-12-17(28)6-7-19(18)26/h3-12H,13H2,1-2H3/b21-10-. The second kappa shape index (κ2) is 10.2. The summed E-state index contributed by atoms with van der Waals surface area (Å²) in [5.74, 6) is 0.450. The van der Waals surface area contributed by atoms with E-state index >= 15 is 0 Å². The largest absolute Gasteiger partial charge is 0.493 e. The summed E-state index contributed by atoms with van der Waals surface area (Å²) in [7, 11) is 1.53. The maximum atomic E-state index is 12.4. The number of hydrogen-bond donors (Lipinski definition) is 0. The number of esters is 1. The second-order valence-corrected chi connectivity index (χ2v) is 9.33. The number of benzene rings is 3. The van der Waals surface area contributed by atoms with E-state index in [2.05, 4.69) is 27.6 Å². The summed E-state index contributed by atoms with van der Waals surface area (Å²) in [6.45, 7) is 2.36. The van der Waals surface area contributed by atoms with E-state index in [1.807, 2.05) is 37.3 Å². The third kappa shape index (κ3) is 5.51. The van der Waals surface area contributed by atoms with E-state index in [0.717, 1.165) is 14.7 Å². The van der Waals surface area contributed by atoms with Gasteiger partial charge < -0.3 is 14.2 Å². The summed E-state index contributed by atoms with van der Waals surface area (Å²) in [5.41, 5.74) is 3.46. The number of aryl methyl sites for hydroxylation is 1. The van der Waals surface area contributed by atoms with E-state index in [-0.39, 0.29) is 11.6 Å². The van der Waals surface area contributed by atoms with Crippen molar-refractivity contribution in [3.05, 3.63) is 96.2 Å². The second-order valence-electron chi connectivity index (χ2n) is 7.27. The van der Waals surface area contributed by atoms with Crippen LogP contribution < -0.4 is 9.47 Å². The Morgan fingerprint density at radius 3 is 2.67 bits per heavy atom. The van der Waals surface area contributed by atoms with Gasteiger partial charge in [0.05, 0.1) is 22.7 Å². The van der Waals surface area contributed by atoms with E-state index in [9.17, 15) is 4.79 Å². The van der Waals surface area contributed by atoms with E-state index in [4.69, 9.17) is 37.4 Å². The van der Waals surface area contributed by atoms with Crippen molar-refractivity contribution in [1.29, 1.82) is 0 Å². The average molecular weight is 594 g/mol. The fourth-order valence-corrected chi connectivity index (χ4v) is 4.23. The normalized spacial score (nSPS) is 14.3. The van der Waals surface area contributed by atoms with Gasteiger partial charge in [0.1, 0.15) is 6.61 Å². The number of nitrogens with zero attached hydrogens (tertiary/aromatic N) is 1. The molecule has 1 aliphatic heterocycles. The molecule has 8 heteroatoms. The summed E-state index contributed by atoms with van der Waals surface area (Å²) in [5, 5.41) is 0.799. The molecule has 5 nitrogen and oxygen atoms in total. The maximum absolute atomic E-state index is 12.4. The number of carbonyl (C=O) groups is 1. The Balaban J connectivity index is 1.61. The Morgan fingerprint density at radius 2 is 1.91 bits per heavy atom. The van der Waals surface area contributed by atoms with E-state index in [1.54, 1.807) is 30.3 Å². The van der Waals surface area contributed by atoms with Gasteiger partial charge in [0.2, 0.25) is 5.90 Å². The molecule has 168 valence electrons. The molecule has 0 radical (unpaired) electrons. The Kier molecular flexibility index (Phi) is 7.26. The van der Waals surface area contributed by atoms with Crippen molar-refractivity contribution in [3.8, 4) is 11.5 Å². The first-order valence-electron chi connectivity index (χ1n) is 9.88. The zero-order valence-corrected chi connectivity index (χ0v) is 21.4. The smallest absolute Gasteiger partial charge is 0.363 e. The van der Waals surface area contributed by atoms with Gasteiger partial charge in [0, 0.05) is 3.57 Å². The molecule has 33 heavy (non-hydrogen) atoms. The first kappa shape index (κ1) is 23.6. The van der Waals surface area contributed by atoms with Crippen molar-refractivity contribution >= 4 is 63.7 Å². The van der Waals surface area contributed by atoms with Crippen LogP contribution in [-0.2, 0) is 16.1 Å². The van der Waals surface area contributed by atoms with Crippen molar-refractivity contribution in [2.45, 2.75) is 13.5 Å². The molecular weight excluding hydrogens is 576 g/mol. The first-order chi connectivity index (χ1) is 15.8. The molecule has 0 aliphatic carbocycles. The lowest BCUT2D eigenvalue weighted by atomic mass is 10.1. The van der Waals surface area contributed by atoms with E-state index in [0.29, 0.717) is 39.3 Å². The molecular formula is C25H18Cl2INO4. The third-order valence-corrected chi connectivity index (χ3v) is 6.08. The predicted molar refractivity (Wildman–Crippen MR) is 138 cm³/mol. The van der Waals surface area contributed by atoms with Crippen LogP contribution in [-0.4, -0.2) is 19.0 Å². The number of methoxy groups -OCH3 is 1. The highest BCUT2D eigenvalue weighted by Crippen LogP contribution is 2.38. The highest BCUT2D eigenvalue weighted by Gasteiger charge is 2.26. The van der Waals surface area contributed by atoms with Crippen LogP contribution in [0.1, 0.15) is 22.3 Å². The molecule has 0 amide bonds. The number of carbonyl (C=O) groups excluding carboxylic acids is 1. The monoisotopic (exact) mass is 593 g/mol. The molecule has 1 heterocycles. The molecule has 3 aromatic carbocycles. The Labute approximate surface area is 215 Å². The number of cyclic esters (lactones) is 1. The van der Waals surface area contributed by atoms with Crippen LogP contribution in [0.2, 0.25) is 10.0 Å². The maximum Gasteiger partial charge on any atom is 0.363 e. The molecule has 4 rings (SSSR count). The van der Waals surface area contributed by atoms with Crippen molar-refractivity contribution in [2.75, 3.05) is 7.11 Å². The van der Waals surface area contributed by atoms with E-state index in [1.165, 1.54) is 7.11 Å². The highest BCUT2D eigenvalue weighted by molar-refractivity contribution is 14.1. The highest BCUT2D eigenvalue weighted by atomic mass is 127. The van der Waals surface area contributed by atoms with Gasteiger partial charge in [-0.15, -0.1) is 0 Å². The molecule has 0 spiro atoms. The molecule has 3 aromatic rings. The summed E-state index contributed by atoms with van der Waals surface area (Å²) >= 11 is 14.9. The van der Waals surface area contributed by atoms with Crippen molar-refractivity contribution in [1.82, 2.24) is 0 Å². The topological polar surface area (TPSA) is 57.1 Å². The number of halogens is 3. The van der Waals surface area contributed by atoms with Gasteiger partial charge in [0.15, 0.2) is 17.2 Å². The number of hydrogen-bond acceptors (Lipinski definition) is 5. The van der Waals surface area contributed by atoms with Crippen LogP contribution >= 0.6 is 45.8 Å². The summed E-state index contributed by atoms with van der Waals surface area (Å²) in [4.78, 5) is 16.7. The van der Waals surface area contributed by atoms with Crippen LogP contribution in [0.4, 0.5) is 0 Å². The van der Waals surface area contributed by atoms with Crippen LogP contribution in [0.15, 0.2) is 65.3 Å². The molecule has 0 bridgehead atoms. The van der Waals surface area contributed by atoms with E-state index < -0.39 is 5.97 Å². The van der Waals surface area contributed by atoms with Gasteiger partial charge in [-0.3, -0.25) is 0 Å². The minimum Gasteiger partial charge on any atom is -0.493 e. The number of ether oxygens (including phenoxy) is 3. The minimum atomic E-state index is -0.574. The molecule has 0 saturated carbocycles. The van der Waals surface area contributed by atoms with Crippen molar-refractivity contribution < 1.29 is 19.0 Å². The summed E-state index contributed by atoms with van der Waals surface area (Å²) in [6.07, 6.45) is 1.58.